The normalized spacial score (nSPS) is 24.3. The maximum atomic E-state index is 3.79. The zero-order chi connectivity index (χ0) is 14.0. The van der Waals surface area contributed by atoms with Crippen molar-refractivity contribution >= 4 is 21.6 Å². The van der Waals surface area contributed by atoms with Crippen molar-refractivity contribution in [1.29, 1.82) is 0 Å². The van der Waals surface area contributed by atoms with Crippen LogP contribution in [0, 0.1) is 18.3 Å². The topological polar surface area (TPSA) is 12.0 Å². The van der Waals surface area contributed by atoms with E-state index < -0.39 is 0 Å². The molecular formula is C17H26BrN. The zero-order valence-corrected chi connectivity index (χ0v) is 14.2. The number of nitrogens with one attached hydrogen (secondary N) is 1. The van der Waals surface area contributed by atoms with Crippen LogP contribution in [0.3, 0.4) is 0 Å². The summed E-state index contributed by atoms with van der Waals surface area (Å²) >= 11 is 3.68. The first-order valence-corrected chi connectivity index (χ1v) is 8.20. The minimum atomic E-state index is 0.384. The third-order valence-corrected chi connectivity index (χ3v) is 5.00. The first kappa shape index (κ1) is 14.9. The van der Waals surface area contributed by atoms with Crippen LogP contribution in [0.1, 0.15) is 52.0 Å². The van der Waals surface area contributed by atoms with E-state index in [9.17, 15) is 0 Å². The molecule has 1 aromatic rings. The molecule has 2 unspecified atom stereocenters. The molecule has 2 rings (SSSR count). The Bertz CT molecular complexity index is 433. The van der Waals surface area contributed by atoms with E-state index in [1.165, 1.54) is 41.4 Å². The van der Waals surface area contributed by atoms with Crippen molar-refractivity contribution in [2.24, 2.45) is 11.3 Å². The Morgan fingerprint density at radius 3 is 2.47 bits per heavy atom. The Balaban J connectivity index is 2.15. The van der Waals surface area contributed by atoms with Crippen LogP contribution in [0.15, 0.2) is 22.7 Å². The van der Waals surface area contributed by atoms with Crippen LogP contribution in [-0.2, 0) is 0 Å². The Kier molecular flexibility index (Phi) is 4.60. The molecular weight excluding hydrogens is 298 g/mol. The van der Waals surface area contributed by atoms with E-state index >= 15 is 0 Å². The molecule has 1 saturated carbocycles. The Morgan fingerprint density at radius 1 is 1.16 bits per heavy atom. The summed E-state index contributed by atoms with van der Waals surface area (Å²) in [6.07, 6.45) is 5.38. The second kappa shape index (κ2) is 5.87. The monoisotopic (exact) mass is 323 g/mol. The average Bonchev–Trinajstić information content (AvgIpc) is 2.32. The molecule has 0 spiro atoms. The van der Waals surface area contributed by atoms with Gasteiger partial charge in [0.1, 0.15) is 0 Å². The molecule has 106 valence electrons. The Hall–Kier alpha value is -0.500. The van der Waals surface area contributed by atoms with Gasteiger partial charge in [0.2, 0.25) is 0 Å². The van der Waals surface area contributed by atoms with E-state index in [0.29, 0.717) is 11.5 Å². The van der Waals surface area contributed by atoms with Crippen LogP contribution < -0.4 is 5.32 Å². The maximum Gasteiger partial charge on any atom is 0.0487 e. The average molecular weight is 324 g/mol. The molecule has 1 aromatic carbocycles. The van der Waals surface area contributed by atoms with E-state index in [0.717, 1.165) is 5.92 Å². The van der Waals surface area contributed by atoms with Gasteiger partial charge in [0, 0.05) is 16.2 Å². The summed E-state index contributed by atoms with van der Waals surface area (Å²) in [5.74, 6) is 0.759. The molecule has 1 nitrogen and oxygen atoms in total. The number of halogens is 1. The summed E-state index contributed by atoms with van der Waals surface area (Å²) in [6, 6.07) is 7.18. The van der Waals surface area contributed by atoms with Crippen LogP contribution in [0.25, 0.3) is 0 Å². The predicted molar refractivity (Wildman–Crippen MR) is 87.7 cm³/mol. The molecule has 0 radical (unpaired) electrons. The van der Waals surface area contributed by atoms with Crippen molar-refractivity contribution in [3.05, 3.63) is 28.2 Å². The van der Waals surface area contributed by atoms with E-state index in [1.807, 2.05) is 0 Å². The first-order chi connectivity index (χ1) is 8.88. The number of aryl methyl sites for hydroxylation is 1. The van der Waals surface area contributed by atoms with Gasteiger partial charge in [0.15, 0.2) is 0 Å². The summed E-state index contributed by atoms with van der Waals surface area (Å²) in [5.41, 5.74) is 2.93. The van der Waals surface area contributed by atoms with Crippen molar-refractivity contribution in [1.82, 2.24) is 0 Å². The number of anilines is 1. The molecule has 1 N–H and O–H groups in total. The Morgan fingerprint density at radius 2 is 1.84 bits per heavy atom. The van der Waals surface area contributed by atoms with E-state index in [-0.39, 0.29) is 0 Å². The van der Waals surface area contributed by atoms with Gasteiger partial charge in [0.25, 0.3) is 0 Å². The number of rotatable bonds is 2. The van der Waals surface area contributed by atoms with Crippen LogP contribution in [0.5, 0.6) is 0 Å². The van der Waals surface area contributed by atoms with Crippen molar-refractivity contribution < 1.29 is 0 Å². The predicted octanol–water partition coefficient (Wildman–Crippen LogP) is 5.77. The van der Waals surface area contributed by atoms with Gasteiger partial charge in [-0.2, -0.15) is 0 Å². The van der Waals surface area contributed by atoms with Gasteiger partial charge in [-0.05, 0) is 64.7 Å². The summed E-state index contributed by atoms with van der Waals surface area (Å²) in [4.78, 5) is 0. The highest BCUT2D eigenvalue weighted by atomic mass is 79.9. The van der Waals surface area contributed by atoms with Crippen LogP contribution >= 0.6 is 15.9 Å². The molecule has 1 fully saturated rings. The molecule has 0 bridgehead atoms. The number of hydrogen-bond acceptors (Lipinski definition) is 1. The molecule has 1 aliphatic rings. The SMILES string of the molecule is Cc1ccc(NC2CCCCC2C(C)(C)C)c(Br)c1. The zero-order valence-electron chi connectivity index (χ0n) is 12.6. The third-order valence-electron chi connectivity index (χ3n) is 4.34. The molecule has 0 aliphatic heterocycles. The Labute approximate surface area is 126 Å². The summed E-state index contributed by atoms with van der Waals surface area (Å²) in [5, 5.41) is 3.79. The highest BCUT2D eigenvalue weighted by molar-refractivity contribution is 9.10. The van der Waals surface area contributed by atoms with Gasteiger partial charge >= 0.3 is 0 Å². The lowest BCUT2D eigenvalue weighted by atomic mass is 9.69. The molecule has 2 atom stereocenters. The molecule has 0 saturated heterocycles. The minimum Gasteiger partial charge on any atom is -0.381 e. The van der Waals surface area contributed by atoms with Crippen molar-refractivity contribution in [3.63, 3.8) is 0 Å². The molecule has 1 aliphatic carbocycles. The fraction of sp³-hybridized carbons (Fsp3) is 0.647. The van der Waals surface area contributed by atoms with E-state index in [2.05, 4.69) is 67.1 Å². The molecule has 0 heterocycles. The smallest absolute Gasteiger partial charge is 0.0487 e. The van der Waals surface area contributed by atoms with Crippen LogP contribution in [0.2, 0.25) is 0 Å². The fourth-order valence-corrected chi connectivity index (χ4v) is 3.88. The quantitative estimate of drug-likeness (QED) is 0.728. The second-order valence-electron chi connectivity index (χ2n) is 6.99. The van der Waals surface area contributed by atoms with Gasteiger partial charge in [-0.3, -0.25) is 0 Å². The number of benzene rings is 1. The lowest BCUT2D eigenvalue weighted by molar-refractivity contribution is 0.163. The highest BCUT2D eigenvalue weighted by Gasteiger charge is 2.34. The standard InChI is InChI=1S/C17H26BrN/c1-12-9-10-16(14(18)11-12)19-15-8-6-5-7-13(15)17(2,3)4/h9-11,13,15,19H,5-8H2,1-4H3. The third kappa shape index (κ3) is 3.75. The molecule has 2 heteroatoms. The van der Waals surface area contributed by atoms with Gasteiger partial charge < -0.3 is 5.32 Å². The van der Waals surface area contributed by atoms with Crippen molar-refractivity contribution in [2.45, 2.75) is 59.4 Å². The van der Waals surface area contributed by atoms with Gasteiger partial charge in [-0.15, -0.1) is 0 Å². The molecule has 0 amide bonds. The number of hydrogen-bond donors (Lipinski definition) is 1. The summed E-state index contributed by atoms with van der Waals surface area (Å²) < 4.78 is 1.19. The second-order valence-corrected chi connectivity index (χ2v) is 7.85. The van der Waals surface area contributed by atoms with Crippen LogP contribution in [-0.4, -0.2) is 6.04 Å². The van der Waals surface area contributed by atoms with E-state index in [4.69, 9.17) is 0 Å². The summed E-state index contributed by atoms with van der Waals surface area (Å²) in [6.45, 7) is 9.26. The minimum absolute atomic E-state index is 0.384. The first-order valence-electron chi connectivity index (χ1n) is 7.40. The van der Waals surface area contributed by atoms with E-state index in [1.54, 1.807) is 0 Å². The van der Waals surface area contributed by atoms with Crippen LogP contribution in [0.4, 0.5) is 5.69 Å². The fourth-order valence-electron chi connectivity index (χ4n) is 3.28. The molecule has 0 aromatic heterocycles. The largest absolute Gasteiger partial charge is 0.381 e. The lowest BCUT2D eigenvalue weighted by Gasteiger charge is -2.41. The summed E-state index contributed by atoms with van der Waals surface area (Å²) in [7, 11) is 0. The van der Waals surface area contributed by atoms with Crippen molar-refractivity contribution in [2.75, 3.05) is 5.32 Å². The lowest BCUT2D eigenvalue weighted by Crippen LogP contribution is -2.39. The van der Waals surface area contributed by atoms with Gasteiger partial charge in [-0.1, -0.05) is 39.7 Å². The van der Waals surface area contributed by atoms with Gasteiger partial charge in [-0.25, -0.2) is 0 Å². The van der Waals surface area contributed by atoms with Gasteiger partial charge in [0.05, 0.1) is 0 Å². The highest BCUT2D eigenvalue weighted by Crippen LogP contribution is 2.40. The van der Waals surface area contributed by atoms with Crippen molar-refractivity contribution in [3.8, 4) is 0 Å². The molecule has 19 heavy (non-hydrogen) atoms. The maximum absolute atomic E-state index is 3.79.